The van der Waals surface area contributed by atoms with E-state index in [9.17, 15) is 4.79 Å². The van der Waals surface area contributed by atoms with Crippen LogP contribution in [0.3, 0.4) is 0 Å². The molecule has 1 aromatic rings. The average Bonchev–Trinajstić information content (AvgIpc) is 2.41. The molecule has 1 fully saturated rings. The zero-order chi connectivity index (χ0) is 14.5. The fourth-order valence-electron chi connectivity index (χ4n) is 3.12. The van der Waals surface area contributed by atoms with E-state index in [0.717, 1.165) is 18.7 Å². The smallest absolute Gasteiger partial charge is 0.335 e. The van der Waals surface area contributed by atoms with Gasteiger partial charge in [-0.2, -0.15) is 0 Å². The first-order chi connectivity index (χ1) is 9.56. The first-order valence-electron chi connectivity index (χ1n) is 7.62. The Morgan fingerprint density at radius 2 is 2.20 bits per heavy atom. The van der Waals surface area contributed by atoms with Gasteiger partial charge < -0.3 is 5.11 Å². The van der Waals surface area contributed by atoms with Gasteiger partial charge in [-0.25, -0.2) is 4.79 Å². The van der Waals surface area contributed by atoms with Gasteiger partial charge in [-0.3, -0.25) is 4.90 Å². The van der Waals surface area contributed by atoms with Crippen LogP contribution in [-0.2, 0) is 6.54 Å². The molecule has 0 aromatic heterocycles. The van der Waals surface area contributed by atoms with Crippen molar-refractivity contribution < 1.29 is 9.90 Å². The summed E-state index contributed by atoms with van der Waals surface area (Å²) in [5, 5.41) is 9.07. The number of carbonyl (C=O) groups is 1. The molecule has 1 aliphatic heterocycles. The Bertz CT molecular complexity index is 456. The van der Waals surface area contributed by atoms with E-state index >= 15 is 0 Å². The molecule has 1 saturated heterocycles. The van der Waals surface area contributed by atoms with E-state index in [0.29, 0.717) is 17.5 Å². The van der Waals surface area contributed by atoms with Gasteiger partial charge in [-0.15, -0.1) is 0 Å². The van der Waals surface area contributed by atoms with Crippen molar-refractivity contribution >= 4 is 5.97 Å². The van der Waals surface area contributed by atoms with E-state index in [2.05, 4.69) is 18.7 Å². The number of rotatable bonds is 5. The van der Waals surface area contributed by atoms with E-state index in [1.165, 1.54) is 25.7 Å². The Hall–Kier alpha value is -1.35. The van der Waals surface area contributed by atoms with Crippen LogP contribution in [0.4, 0.5) is 0 Å². The monoisotopic (exact) mass is 275 g/mol. The highest BCUT2D eigenvalue weighted by molar-refractivity contribution is 5.87. The lowest BCUT2D eigenvalue weighted by Gasteiger charge is -2.36. The SMILES string of the molecule is CC(C)CC1CCCCN1Cc1cccc(C(=O)O)c1. The maximum absolute atomic E-state index is 11.0. The van der Waals surface area contributed by atoms with E-state index in [1.807, 2.05) is 18.2 Å². The van der Waals surface area contributed by atoms with Gasteiger partial charge in [0.25, 0.3) is 0 Å². The molecular formula is C17H25NO2. The van der Waals surface area contributed by atoms with Crippen LogP contribution in [0.25, 0.3) is 0 Å². The van der Waals surface area contributed by atoms with Gasteiger partial charge in [0.2, 0.25) is 0 Å². The molecule has 20 heavy (non-hydrogen) atoms. The van der Waals surface area contributed by atoms with Gasteiger partial charge >= 0.3 is 5.97 Å². The van der Waals surface area contributed by atoms with Gasteiger partial charge in [-0.05, 0) is 49.4 Å². The molecule has 1 unspecified atom stereocenters. The van der Waals surface area contributed by atoms with Crippen LogP contribution in [0.5, 0.6) is 0 Å². The maximum Gasteiger partial charge on any atom is 0.335 e. The van der Waals surface area contributed by atoms with E-state index < -0.39 is 5.97 Å². The van der Waals surface area contributed by atoms with Gasteiger partial charge in [0.1, 0.15) is 0 Å². The fourth-order valence-corrected chi connectivity index (χ4v) is 3.12. The van der Waals surface area contributed by atoms with E-state index in [-0.39, 0.29) is 0 Å². The van der Waals surface area contributed by atoms with Crippen LogP contribution in [0.1, 0.15) is 55.5 Å². The van der Waals surface area contributed by atoms with Crippen molar-refractivity contribution in [2.24, 2.45) is 5.92 Å². The topological polar surface area (TPSA) is 40.5 Å². The van der Waals surface area contributed by atoms with Crippen LogP contribution in [0, 0.1) is 5.92 Å². The first kappa shape index (κ1) is 15.0. The number of piperidine rings is 1. The number of hydrogen-bond donors (Lipinski definition) is 1. The molecule has 0 bridgehead atoms. The van der Waals surface area contributed by atoms with Crippen molar-refractivity contribution in [3.05, 3.63) is 35.4 Å². The van der Waals surface area contributed by atoms with Crippen LogP contribution in [0.15, 0.2) is 24.3 Å². The third-order valence-corrected chi connectivity index (χ3v) is 4.05. The second-order valence-electron chi connectivity index (χ2n) is 6.26. The number of benzene rings is 1. The number of nitrogens with zero attached hydrogens (tertiary/aromatic N) is 1. The van der Waals surface area contributed by atoms with Crippen molar-refractivity contribution in [3.63, 3.8) is 0 Å². The van der Waals surface area contributed by atoms with Crippen molar-refractivity contribution in [2.45, 2.75) is 52.1 Å². The van der Waals surface area contributed by atoms with Crippen LogP contribution in [-0.4, -0.2) is 28.6 Å². The summed E-state index contributed by atoms with van der Waals surface area (Å²) in [7, 11) is 0. The summed E-state index contributed by atoms with van der Waals surface area (Å²) in [6.45, 7) is 6.56. The third kappa shape index (κ3) is 4.07. The molecule has 3 heteroatoms. The minimum absolute atomic E-state index is 0.389. The Morgan fingerprint density at radius 3 is 2.90 bits per heavy atom. The lowest BCUT2D eigenvalue weighted by molar-refractivity contribution is 0.0696. The van der Waals surface area contributed by atoms with Crippen molar-refractivity contribution in [1.29, 1.82) is 0 Å². The predicted octanol–water partition coefficient (Wildman–Crippen LogP) is 3.79. The second-order valence-corrected chi connectivity index (χ2v) is 6.26. The van der Waals surface area contributed by atoms with E-state index in [1.54, 1.807) is 6.07 Å². The van der Waals surface area contributed by atoms with Crippen molar-refractivity contribution in [1.82, 2.24) is 4.90 Å². The second kappa shape index (κ2) is 6.89. The molecule has 1 aromatic carbocycles. The quantitative estimate of drug-likeness (QED) is 0.889. The number of carboxylic acid groups (broad SMARTS) is 1. The van der Waals surface area contributed by atoms with Crippen molar-refractivity contribution in [2.75, 3.05) is 6.54 Å². The van der Waals surface area contributed by atoms with Crippen molar-refractivity contribution in [3.8, 4) is 0 Å². The molecule has 1 aliphatic rings. The number of hydrogen-bond acceptors (Lipinski definition) is 2. The van der Waals surface area contributed by atoms with Crippen LogP contribution in [0.2, 0.25) is 0 Å². The molecule has 1 N–H and O–H groups in total. The lowest BCUT2D eigenvalue weighted by atomic mass is 9.93. The fraction of sp³-hybridized carbons (Fsp3) is 0.588. The molecule has 0 radical (unpaired) electrons. The molecule has 2 rings (SSSR count). The molecule has 1 atom stereocenters. The Morgan fingerprint density at radius 1 is 1.40 bits per heavy atom. The normalized spacial score (nSPS) is 20.2. The molecule has 0 aliphatic carbocycles. The summed E-state index contributed by atoms with van der Waals surface area (Å²) in [5.41, 5.74) is 1.50. The molecule has 3 nitrogen and oxygen atoms in total. The highest BCUT2D eigenvalue weighted by Gasteiger charge is 2.23. The predicted molar refractivity (Wildman–Crippen MR) is 80.9 cm³/mol. The lowest BCUT2D eigenvalue weighted by Crippen LogP contribution is -2.39. The molecule has 0 spiro atoms. The summed E-state index contributed by atoms with van der Waals surface area (Å²) in [4.78, 5) is 13.6. The Kier molecular flexibility index (Phi) is 5.18. The third-order valence-electron chi connectivity index (χ3n) is 4.05. The molecule has 0 saturated carbocycles. The summed E-state index contributed by atoms with van der Waals surface area (Å²) in [6, 6.07) is 8.00. The number of likely N-dealkylation sites (tertiary alicyclic amines) is 1. The molecule has 0 amide bonds. The average molecular weight is 275 g/mol. The minimum atomic E-state index is -0.843. The minimum Gasteiger partial charge on any atom is -0.478 e. The summed E-state index contributed by atoms with van der Waals surface area (Å²) >= 11 is 0. The maximum atomic E-state index is 11.0. The van der Waals surface area contributed by atoms with Gasteiger partial charge in [0.05, 0.1) is 5.56 Å². The molecular weight excluding hydrogens is 250 g/mol. The van der Waals surface area contributed by atoms with E-state index in [4.69, 9.17) is 5.11 Å². The first-order valence-corrected chi connectivity index (χ1v) is 7.62. The zero-order valence-electron chi connectivity index (χ0n) is 12.5. The number of carboxylic acids is 1. The Balaban J connectivity index is 2.06. The highest BCUT2D eigenvalue weighted by Crippen LogP contribution is 2.24. The summed E-state index contributed by atoms with van der Waals surface area (Å²) in [5.74, 6) is -0.129. The standard InChI is InChI=1S/C17H25NO2/c1-13(2)10-16-8-3-4-9-18(16)12-14-6-5-7-15(11-14)17(19)20/h5-7,11,13,16H,3-4,8-10,12H2,1-2H3,(H,19,20). The highest BCUT2D eigenvalue weighted by atomic mass is 16.4. The van der Waals surface area contributed by atoms with Gasteiger partial charge in [-0.1, -0.05) is 32.4 Å². The van der Waals surface area contributed by atoms with Crippen LogP contribution < -0.4 is 0 Å². The van der Waals surface area contributed by atoms with Gasteiger partial charge in [0.15, 0.2) is 0 Å². The molecule has 1 heterocycles. The zero-order valence-corrected chi connectivity index (χ0v) is 12.5. The van der Waals surface area contributed by atoms with Crippen LogP contribution >= 0.6 is 0 Å². The largest absolute Gasteiger partial charge is 0.478 e. The summed E-state index contributed by atoms with van der Waals surface area (Å²) < 4.78 is 0. The summed E-state index contributed by atoms with van der Waals surface area (Å²) in [6.07, 6.45) is 5.09. The number of aromatic carboxylic acids is 1. The molecule has 110 valence electrons. The Labute approximate surface area is 121 Å². The van der Waals surface area contributed by atoms with Gasteiger partial charge in [0, 0.05) is 12.6 Å².